The van der Waals surface area contributed by atoms with Gasteiger partial charge in [-0.15, -0.1) is 0 Å². The molecule has 2 amide bonds. The molecule has 0 aliphatic carbocycles. The second kappa shape index (κ2) is 11.9. The Kier molecular flexibility index (Phi) is 8.93. The molecule has 1 aliphatic rings. The van der Waals surface area contributed by atoms with E-state index in [4.69, 9.17) is 4.74 Å². The molecular weight excluding hydrogens is 412 g/mol. The van der Waals surface area contributed by atoms with Crippen molar-refractivity contribution in [2.75, 3.05) is 26.7 Å². The Morgan fingerprint density at radius 2 is 1.67 bits per heavy atom. The Labute approximate surface area is 198 Å². The van der Waals surface area contributed by atoms with E-state index in [0.29, 0.717) is 26.1 Å². The molecule has 2 aromatic rings. The summed E-state index contributed by atoms with van der Waals surface area (Å²) < 4.78 is 6.18. The van der Waals surface area contributed by atoms with Gasteiger partial charge in [0, 0.05) is 44.4 Å². The van der Waals surface area contributed by atoms with Gasteiger partial charge in [0.1, 0.15) is 5.75 Å². The summed E-state index contributed by atoms with van der Waals surface area (Å²) in [5.41, 5.74) is 0.717. The van der Waals surface area contributed by atoms with Crippen LogP contribution >= 0.6 is 0 Å². The van der Waals surface area contributed by atoms with Crippen LogP contribution in [0.1, 0.15) is 51.5 Å². The number of ether oxygens (including phenoxy) is 1. The number of hydrogen-bond acceptors (Lipinski definition) is 3. The van der Waals surface area contributed by atoms with Crippen LogP contribution in [0.25, 0.3) is 0 Å². The predicted octanol–water partition coefficient (Wildman–Crippen LogP) is 5.16. The summed E-state index contributed by atoms with van der Waals surface area (Å²) in [6.07, 6.45) is 3.82. The lowest BCUT2D eigenvalue weighted by molar-refractivity contribution is -0.144. The molecule has 1 fully saturated rings. The van der Waals surface area contributed by atoms with Gasteiger partial charge in [-0.25, -0.2) is 0 Å². The molecule has 0 bridgehead atoms. The van der Waals surface area contributed by atoms with Crippen molar-refractivity contribution in [3.8, 4) is 5.75 Å². The second-order valence-electron chi connectivity index (χ2n) is 9.39. The van der Waals surface area contributed by atoms with Crippen molar-refractivity contribution in [3.05, 3.63) is 66.2 Å². The van der Waals surface area contributed by atoms with Crippen molar-refractivity contribution in [3.63, 3.8) is 0 Å². The molecule has 5 nitrogen and oxygen atoms in total. The van der Waals surface area contributed by atoms with Crippen LogP contribution in [0, 0.1) is 11.3 Å². The van der Waals surface area contributed by atoms with Crippen LogP contribution in [0.5, 0.6) is 5.75 Å². The molecular formula is C28H38N2O3. The maximum absolute atomic E-state index is 13.3. The standard InChI is InChI=1S/C28H38N2O3/c1-4-24(5-2)27(32)30-18-12-17-28(21-30,22-33-25-15-10-7-11-16-25)19-26(31)29(3)20-23-13-8-6-9-14-23/h6-11,13-16,24H,4-5,12,17-22H2,1-3H3/t28-/m1/s1. The average Bonchev–Trinajstić information content (AvgIpc) is 2.85. The Bertz CT molecular complexity index is 883. The fourth-order valence-corrected chi connectivity index (χ4v) is 4.76. The van der Waals surface area contributed by atoms with Gasteiger partial charge >= 0.3 is 0 Å². The highest BCUT2D eigenvalue weighted by atomic mass is 16.5. The van der Waals surface area contributed by atoms with Crippen LogP contribution in [0.3, 0.4) is 0 Å². The first kappa shape index (κ1) is 24.8. The van der Waals surface area contributed by atoms with E-state index in [1.54, 1.807) is 4.90 Å². The van der Waals surface area contributed by atoms with Crippen LogP contribution in [0.15, 0.2) is 60.7 Å². The number of hydrogen-bond donors (Lipinski definition) is 0. The van der Waals surface area contributed by atoms with Crippen molar-refractivity contribution in [1.29, 1.82) is 0 Å². The summed E-state index contributed by atoms with van der Waals surface area (Å²) in [7, 11) is 1.86. The minimum Gasteiger partial charge on any atom is -0.493 e. The van der Waals surface area contributed by atoms with Gasteiger partial charge in [-0.1, -0.05) is 62.4 Å². The van der Waals surface area contributed by atoms with Gasteiger partial charge in [-0.2, -0.15) is 0 Å². The summed E-state index contributed by atoms with van der Waals surface area (Å²) in [4.78, 5) is 30.3. The minimum absolute atomic E-state index is 0.0484. The van der Waals surface area contributed by atoms with Gasteiger partial charge < -0.3 is 14.5 Å². The number of benzene rings is 2. The van der Waals surface area contributed by atoms with Crippen LogP contribution in [0.4, 0.5) is 0 Å². The largest absolute Gasteiger partial charge is 0.493 e. The van der Waals surface area contributed by atoms with Crippen molar-refractivity contribution >= 4 is 11.8 Å². The van der Waals surface area contributed by atoms with Gasteiger partial charge in [0.05, 0.1) is 6.61 Å². The molecule has 5 heteroatoms. The molecule has 0 aromatic heterocycles. The lowest BCUT2D eigenvalue weighted by Gasteiger charge is -2.43. The fraction of sp³-hybridized carbons (Fsp3) is 0.500. The third-order valence-corrected chi connectivity index (χ3v) is 6.81. The summed E-state index contributed by atoms with van der Waals surface area (Å²) in [6, 6.07) is 19.8. The molecule has 2 aromatic carbocycles. The van der Waals surface area contributed by atoms with Crippen LogP contribution in [0.2, 0.25) is 0 Å². The van der Waals surface area contributed by atoms with Gasteiger partial charge in [-0.3, -0.25) is 9.59 Å². The molecule has 1 atom stereocenters. The van der Waals surface area contributed by atoms with E-state index in [1.165, 1.54) is 0 Å². The summed E-state index contributed by atoms with van der Waals surface area (Å²) in [5.74, 6) is 1.15. The Morgan fingerprint density at radius 1 is 1.03 bits per heavy atom. The zero-order valence-electron chi connectivity index (χ0n) is 20.3. The van der Waals surface area contributed by atoms with Gasteiger partial charge in [0.25, 0.3) is 0 Å². The van der Waals surface area contributed by atoms with E-state index in [-0.39, 0.29) is 17.7 Å². The maximum Gasteiger partial charge on any atom is 0.225 e. The number of para-hydroxylation sites is 1. The summed E-state index contributed by atoms with van der Waals surface area (Å²) in [6.45, 7) is 6.48. The number of rotatable bonds is 10. The highest BCUT2D eigenvalue weighted by molar-refractivity contribution is 5.80. The average molecular weight is 451 g/mol. The highest BCUT2D eigenvalue weighted by Gasteiger charge is 2.41. The van der Waals surface area contributed by atoms with E-state index in [2.05, 4.69) is 13.8 Å². The van der Waals surface area contributed by atoms with Crippen LogP contribution in [-0.4, -0.2) is 48.4 Å². The number of piperidine rings is 1. The quantitative estimate of drug-likeness (QED) is 0.502. The van der Waals surface area contributed by atoms with Gasteiger partial charge in [0.15, 0.2) is 0 Å². The normalized spacial score (nSPS) is 18.2. The molecule has 1 saturated heterocycles. The first-order valence-electron chi connectivity index (χ1n) is 12.2. The van der Waals surface area contributed by atoms with E-state index >= 15 is 0 Å². The Hall–Kier alpha value is -2.82. The Morgan fingerprint density at radius 3 is 2.30 bits per heavy atom. The zero-order valence-corrected chi connectivity index (χ0v) is 20.3. The predicted molar refractivity (Wildman–Crippen MR) is 132 cm³/mol. The molecule has 1 heterocycles. The molecule has 0 spiro atoms. The Balaban J connectivity index is 1.75. The second-order valence-corrected chi connectivity index (χ2v) is 9.39. The third-order valence-electron chi connectivity index (χ3n) is 6.81. The minimum atomic E-state index is -0.391. The number of carbonyl (C=O) groups is 2. The lowest BCUT2D eigenvalue weighted by atomic mass is 9.76. The van der Waals surface area contributed by atoms with Crippen molar-refractivity contribution in [2.24, 2.45) is 11.3 Å². The third kappa shape index (κ3) is 6.83. The monoisotopic (exact) mass is 450 g/mol. The maximum atomic E-state index is 13.3. The fourth-order valence-electron chi connectivity index (χ4n) is 4.76. The van der Waals surface area contributed by atoms with E-state index in [9.17, 15) is 9.59 Å². The van der Waals surface area contributed by atoms with Crippen molar-refractivity contribution < 1.29 is 14.3 Å². The first-order valence-corrected chi connectivity index (χ1v) is 12.2. The SMILES string of the molecule is CCC(CC)C(=O)N1CCC[C@@](COc2ccccc2)(CC(=O)N(C)Cc2ccccc2)C1. The van der Waals surface area contributed by atoms with Crippen molar-refractivity contribution in [2.45, 2.75) is 52.5 Å². The molecule has 33 heavy (non-hydrogen) atoms. The highest BCUT2D eigenvalue weighted by Crippen LogP contribution is 2.36. The van der Waals surface area contributed by atoms with E-state index in [1.807, 2.05) is 72.6 Å². The molecule has 0 saturated carbocycles. The number of amides is 2. The van der Waals surface area contributed by atoms with Crippen LogP contribution < -0.4 is 4.74 Å². The molecule has 178 valence electrons. The molecule has 0 unspecified atom stereocenters. The lowest BCUT2D eigenvalue weighted by Crippen LogP contribution is -2.52. The first-order chi connectivity index (χ1) is 16.0. The number of nitrogens with zero attached hydrogens (tertiary/aromatic N) is 2. The van der Waals surface area contributed by atoms with Gasteiger partial charge in [0.2, 0.25) is 11.8 Å². The van der Waals surface area contributed by atoms with Crippen molar-refractivity contribution in [1.82, 2.24) is 9.80 Å². The topological polar surface area (TPSA) is 49.9 Å². The molecule has 0 N–H and O–H groups in total. The summed E-state index contributed by atoms with van der Waals surface area (Å²) in [5, 5.41) is 0. The smallest absolute Gasteiger partial charge is 0.225 e. The molecule has 1 aliphatic heterocycles. The van der Waals surface area contributed by atoms with Gasteiger partial charge in [-0.05, 0) is 43.4 Å². The molecule has 3 rings (SSSR count). The van der Waals surface area contributed by atoms with Crippen LogP contribution in [-0.2, 0) is 16.1 Å². The van der Waals surface area contributed by atoms with E-state index in [0.717, 1.165) is 43.5 Å². The van der Waals surface area contributed by atoms with E-state index < -0.39 is 5.41 Å². The number of carbonyl (C=O) groups excluding carboxylic acids is 2. The number of likely N-dealkylation sites (tertiary alicyclic amines) is 1. The molecule has 0 radical (unpaired) electrons. The zero-order chi connectivity index (χ0) is 23.7. The summed E-state index contributed by atoms with van der Waals surface area (Å²) >= 11 is 0.